The lowest BCUT2D eigenvalue weighted by Gasteiger charge is -2.53. The minimum atomic E-state index is -0.494. The number of hydrogen-bond donors (Lipinski definition) is 0. The Kier molecular flexibility index (Phi) is 3.28. The molecule has 5 heteroatoms. The average molecular weight is 296 g/mol. The van der Waals surface area contributed by atoms with Crippen LogP contribution in [0, 0.1) is 28.1 Å². The van der Waals surface area contributed by atoms with E-state index in [-0.39, 0.29) is 17.1 Å². The van der Waals surface area contributed by atoms with Gasteiger partial charge in [-0.3, -0.25) is 4.79 Å². The second kappa shape index (κ2) is 4.91. The molecule has 2 heterocycles. The molecule has 0 amide bonds. The van der Waals surface area contributed by atoms with Crippen LogP contribution in [-0.2, 0) is 4.79 Å². The normalized spacial score (nSPS) is 30.3. The Hall–Kier alpha value is -2.22. The predicted molar refractivity (Wildman–Crippen MR) is 82.9 cm³/mol. The molecular weight excluding hydrogens is 276 g/mol. The van der Waals surface area contributed by atoms with Crippen LogP contribution in [0.1, 0.15) is 27.2 Å². The molecule has 0 bridgehead atoms. The number of hydrogen-bond acceptors (Lipinski definition) is 5. The third-order valence-electron chi connectivity index (χ3n) is 5.20. The van der Waals surface area contributed by atoms with Crippen molar-refractivity contribution in [3.05, 3.63) is 30.2 Å². The molecule has 114 valence electrons. The first kappa shape index (κ1) is 14.7. The number of piperidine rings is 1. The van der Waals surface area contributed by atoms with E-state index in [0.29, 0.717) is 5.57 Å². The number of anilines is 1. The molecule has 0 saturated carbocycles. The lowest BCUT2D eigenvalue weighted by Crippen LogP contribution is -2.55. The number of carbonyl (C=O) groups is 1. The van der Waals surface area contributed by atoms with Crippen molar-refractivity contribution in [3.8, 4) is 6.07 Å². The van der Waals surface area contributed by atoms with E-state index >= 15 is 0 Å². The first-order valence-corrected chi connectivity index (χ1v) is 7.57. The van der Waals surface area contributed by atoms with E-state index in [9.17, 15) is 10.1 Å². The van der Waals surface area contributed by atoms with Gasteiger partial charge in [-0.1, -0.05) is 26.8 Å². The Bertz CT molecular complexity index is 674. The highest BCUT2D eigenvalue weighted by molar-refractivity contribution is 6.04. The fraction of sp³-hybridized carbons (Fsp3) is 0.529. The number of nitrogens with zero attached hydrogens (tertiary/aromatic N) is 4. The molecule has 3 rings (SSSR count). The fourth-order valence-corrected chi connectivity index (χ4v) is 4.20. The van der Waals surface area contributed by atoms with Crippen LogP contribution in [-0.4, -0.2) is 28.8 Å². The van der Waals surface area contributed by atoms with Crippen molar-refractivity contribution in [1.82, 2.24) is 9.97 Å². The van der Waals surface area contributed by atoms with Crippen molar-refractivity contribution in [2.75, 3.05) is 18.0 Å². The van der Waals surface area contributed by atoms with E-state index < -0.39 is 5.41 Å². The van der Waals surface area contributed by atoms with E-state index in [0.717, 1.165) is 25.3 Å². The monoisotopic (exact) mass is 296 g/mol. The smallest absolute Gasteiger partial charge is 0.178 e. The summed E-state index contributed by atoms with van der Waals surface area (Å²) in [6.07, 6.45) is 6.09. The van der Waals surface area contributed by atoms with Gasteiger partial charge < -0.3 is 4.90 Å². The first-order valence-electron chi connectivity index (χ1n) is 7.57. The predicted octanol–water partition coefficient (Wildman–Crippen LogP) is 2.37. The van der Waals surface area contributed by atoms with E-state index in [1.807, 2.05) is 26.0 Å². The summed E-state index contributed by atoms with van der Waals surface area (Å²) in [5, 5.41) is 9.31. The van der Waals surface area contributed by atoms with Gasteiger partial charge in [0, 0.05) is 30.1 Å². The number of allylic oxidation sites excluding steroid dienone is 1. The second-order valence-electron chi connectivity index (χ2n) is 7.06. The van der Waals surface area contributed by atoms with Crippen molar-refractivity contribution in [1.29, 1.82) is 5.26 Å². The molecule has 1 aliphatic carbocycles. The zero-order valence-corrected chi connectivity index (χ0v) is 13.2. The lowest BCUT2D eigenvalue weighted by molar-refractivity contribution is -0.130. The van der Waals surface area contributed by atoms with Gasteiger partial charge in [0.05, 0.1) is 5.57 Å². The first-order chi connectivity index (χ1) is 10.4. The van der Waals surface area contributed by atoms with Crippen LogP contribution in [0.4, 0.5) is 5.82 Å². The fourth-order valence-electron chi connectivity index (χ4n) is 4.20. The molecule has 2 atom stereocenters. The molecule has 0 aromatic carbocycles. The lowest BCUT2D eigenvalue weighted by atomic mass is 9.55. The van der Waals surface area contributed by atoms with Crippen molar-refractivity contribution in [2.24, 2.45) is 16.7 Å². The van der Waals surface area contributed by atoms with Gasteiger partial charge >= 0.3 is 0 Å². The molecule has 1 aromatic rings. The zero-order chi connectivity index (χ0) is 16.0. The van der Waals surface area contributed by atoms with Crippen LogP contribution in [0.15, 0.2) is 30.2 Å². The summed E-state index contributed by atoms with van der Waals surface area (Å²) in [6.45, 7) is 7.72. The van der Waals surface area contributed by atoms with Crippen molar-refractivity contribution >= 4 is 11.6 Å². The van der Waals surface area contributed by atoms with E-state index in [2.05, 4.69) is 27.9 Å². The van der Waals surface area contributed by atoms with Gasteiger partial charge in [0.25, 0.3) is 0 Å². The summed E-state index contributed by atoms with van der Waals surface area (Å²) in [5.74, 6) is 1.12. The molecule has 1 fully saturated rings. The van der Waals surface area contributed by atoms with Crippen LogP contribution in [0.5, 0.6) is 0 Å². The van der Waals surface area contributed by atoms with Crippen LogP contribution in [0.25, 0.3) is 0 Å². The molecule has 22 heavy (non-hydrogen) atoms. The molecule has 1 aliphatic heterocycles. The van der Waals surface area contributed by atoms with Gasteiger partial charge in [-0.25, -0.2) is 9.97 Å². The SMILES string of the molecule is CC1(C)C(=O)C(C#N)=C[C@]2(C)CN(c3ccncn3)CC[C@@H]12. The molecule has 5 nitrogen and oxygen atoms in total. The summed E-state index contributed by atoms with van der Waals surface area (Å²) in [6, 6.07) is 3.99. The Morgan fingerprint density at radius 1 is 1.41 bits per heavy atom. The van der Waals surface area contributed by atoms with Crippen molar-refractivity contribution in [2.45, 2.75) is 27.2 Å². The second-order valence-corrected chi connectivity index (χ2v) is 7.06. The van der Waals surface area contributed by atoms with Crippen LogP contribution < -0.4 is 4.90 Å². The number of fused-ring (bicyclic) bond motifs is 1. The summed E-state index contributed by atoms with van der Waals surface area (Å²) >= 11 is 0. The third-order valence-corrected chi connectivity index (χ3v) is 5.20. The quantitative estimate of drug-likeness (QED) is 0.795. The maximum atomic E-state index is 12.5. The minimum Gasteiger partial charge on any atom is -0.356 e. The molecular formula is C17H20N4O. The van der Waals surface area contributed by atoms with Gasteiger partial charge in [0.15, 0.2) is 5.78 Å². The van der Waals surface area contributed by atoms with Crippen LogP contribution >= 0.6 is 0 Å². The Labute approximate surface area is 130 Å². The number of nitriles is 1. The molecule has 1 aromatic heterocycles. The van der Waals surface area contributed by atoms with Gasteiger partial charge in [0.1, 0.15) is 18.2 Å². The van der Waals surface area contributed by atoms with Gasteiger partial charge in [-0.05, 0) is 18.4 Å². The highest BCUT2D eigenvalue weighted by atomic mass is 16.1. The Morgan fingerprint density at radius 3 is 2.82 bits per heavy atom. The standard InChI is InChI=1S/C17H20N4O/c1-16(2)13-5-7-21(14-4-6-19-11-20-14)10-17(13,3)8-12(9-18)15(16)22/h4,6,8,11,13H,5,7,10H2,1-3H3/t13-,17+/m0/s1. The largest absolute Gasteiger partial charge is 0.356 e. The highest BCUT2D eigenvalue weighted by Crippen LogP contribution is 2.52. The number of ketones is 1. The van der Waals surface area contributed by atoms with E-state index in [1.165, 1.54) is 0 Å². The zero-order valence-electron chi connectivity index (χ0n) is 13.2. The molecule has 0 unspecified atom stereocenters. The maximum Gasteiger partial charge on any atom is 0.178 e. The summed E-state index contributed by atoms with van der Waals surface area (Å²) < 4.78 is 0. The Morgan fingerprint density at radius 2 is 2.18 bits per heavy atom. The van der Waals surface area contributed by atoms with Crippen molar-refractivity contribution < 1.29 is 4.79 Å². The number of rotatable bonds is 1. The molecule has 0 N–H and O–H groups in total. The summed E-state index contributed by atoms with van der Waals surface area (Å²) in [4.78, 5) is 23.0. The number of carbonyl (C=O) groups excluding carboxylic acids is 1. The third kappa shape index (κ3) is 2.10. The average Bonchev–Trinajstić information content (AvgIpc) is 2.51. The molecule has 2 aliphatic rings. The van der Waals surface area contributed by atoms with Gasteiger partial charge in [0.2, 0.25) is 0 Å². The van der Waals surface area contributed by atoms with Gasteiger partial charge in [-0.15, -0.1) is 0 Å². The van der Waals surface area contributed by atoms with Crippen LogP contribution in [0.2, 0.25) is 0 Å². The molecule has 0 radical (unpaired) electrons. The summed E-state index contributed by atoms with van der Waals surface area (Å²) in [5.41, 5.74) is -0.397. The number of Topliss-reactive ketones (excluding diaryl/α,β-unsaturated/α-hetero) is 1. The topological polar surface area (TPSA) is 69.9 Å². The Balaban J connectivity index is 1.99. The minimum absolute atomic E-state index is 0.0204. The molecule has 1 saturated heterocycles. The van der Waals surface area contributed by atoms with E-state index in [1.54, 1.807) is 12.5 Å². The van der Waals surface area contributed by atoms with Crippen molar-refractivity contribution in [3.63, 3.8) is 0 Å². The number of aromatic nitrogens is 2. The van der Waals surface area contributed by atoms with Crippen LogP contribution in [0.3, 0.4) is 0 Å². The summed E-state index contributed by atoms with van der Waals surface area (Å²) in [7, 11) is 0. The van der Waals surface area contributed by atoms with Gasteiger partial charge in [-0.2, -0.15) is 5.26 Å². The van der Waals surface area contributed by atoms with E-state index in [4.69, 9.17) is 0 Å². The highest BCUT2D eigenvalue weighted by Gasteiger charge is 2.53. The molecule has 0 spiro atoms. The maximum absolute atomic E-state index is 12.5.